The van der Waals surface area contributed by atoms with Crippen molar-refractivity contribution in [3.05, 3.63) is 96.0 Å². The highest BCUT2D eigenvalue weighted by Gasteiger charge is 2.18. The van der Waals surface area contributed by atoms with Crippen LogP contribution in [0.2, 0.25) is 5.02 Å². The molecule has 0 fully saturated rings. The van der Waals surface area contributed by atoms with Crippen LogP contribution in [0.25, 0.3) is 33.3 Å². The van der Waals surface area contributed by atoms with Gasteiger partial charge < -0.3 is 10.1 Å². The van der Waals surface area contributed by atoms with E-state index in [-0.39, 0.29) is 12.5 Å². The number of nitrogens with one attached hydrogen (secondary N) is 1. The summed E-state index contributed by atoms with van der Waals surface area (Å²) in [6.45, 7) is 1.68. The van der Waals surface area contributed by atoms with E-state index in [1.165, 1.54) is 6.33 Å². The van der Waals surface area contributed by atoms with Gasteiger partial charge in [-0.25, -0.2) is 14.6 Å². The van der Waals surface area contributed by atoms with Gasteiger partial charge in [-0.1, -0.05) is 41.9 Å². The lowest BCUT2D eigenvalue weighted by Crippen LogP contribution is -2.22. The molecule has 3 heterocycles. The topological polar surface area (TPSA) is 99.7 Å². The van der Waals surface area contributed by atoms with Gasteiger partial charge in [-0.15, -0.1) is 0 Å². The Morgan fingerprint density at radius 2 is 1.78 bits per heavy atom. The summed E-state index contributed by atoms with van der Waals surface area (Å²) in [6.07, 6.45) is 3.11. The minimum Gasteiger partial charge on any atom is -0.484 e. The zero-order valence-corrected chi connectivity index (χ0v) is 20.4. The van der Waals surface area contributed by atoms with Gasteiger partial charge >= 0.3 is 0 Å². The number of rotatable bonds is 6. The van der Waals surface area contributed by atoms with Crippen LogP contribution < -0.4 is 10.1 Å². The number of halogens is 1. The first kappa shape index (κ1) is 22.7. The molecule has 3 aromatic carbocycles. The van der Waals surface area contributed by atoms with Crippen LogP contribution in [0.4, 0.5) is 5.82 Å². The Morgan fingerprint density at radius 1 is 0.973 bits per heavy atom. The summed E-state index contributed by atoms with van der Waals surface area (Å²) in [5.41, 5.74) is 2.11. The van der Waals surface area contributed by atoms with E-state index in [2.05, 4.69) is 25.5 Å². The Kier molecular flexibility index (Phi) is 5.74. The van der Waals surface area contributed by atoms with E-state index in [4.69, 9.17) is 16.3 Å². The number of fused-ring (bicyclic) bond motifs is 2. The first-order valence-corrected chi connectivity index (χ1v) is 11.9. The molecule has 0 spiro atoms. The van der Waals surface area contributed by atoms with Gasteiger partial charge in [0.1, 0.15) is 17.9 Å². The summed E-state index contributed by atoms with van der Waals surface area (Å²) in [5, 5.41) is 15.4. The third kappa shape index (κ3) is 4.48. The van der Waals surface area contributed by atoms with E-state index in [1.807, 2.05) is 61.5 Å². The molecule has 0 aliphatic rings. The number of nitrogens with zero attached hydrogens (tertiary/aromatic N) is 6. The van der Waals surface area contributed by atoms with Gasteiger partial charge in [0.25, 0.3) is 5.91 Å². The lowest BCUT2D eigenvalue weighted by Gasteiger charge is -2.10. The van der Waals surface area contributed by atoms with E-state index in [1.54, 1.807) is 33.8 Å². The molecular formula is C27H20ClN7O2. The summed E-state index contributed by atoms with van der Waals surface area (Å²) in [6, 6.07) is 22.8. The lowest BCUT2D eigenvalue weighted by atomic mass is 10.1. The average Bonchev–Trinajstić information content (AvgIpc) is 3.51. The summed E-state index contributed by atoms with van der Waals surface area (Å²) in [7, 11) is 0. The molecule has 10 heteroatoms. The molecule has 0 aliphatic carbocycles. The van der Waals surface area contributed by atoms with Crippen molar-refractivity contribution in [2.24, 2.45) is 0 Å². The molecule has 0 saturated heterocycles. The molecule has 3 aromatic heterocycles. The predicted octanol–water partition coefficient (Wildman–Crippen LogP) is 5.13. The first-order valence-electron chi connectivity index (χ1n) is 11.5. The molecule has 9 nitrogen and oxygen atoms in total. The fraction of sp³-hybridized carbons (Fsp3) is 0.0741. The summed E-state index contributed by atoms with van der Waals surface area (Å²) < 4.78 is 9.01. The second-order valence-corrected chi connectivity index (χ2v) is 8.83. The zero-order chi connectivity index (χ0) is 25.4. The van der Waals surface area contributed by atoms with Crippen molar-refractivity contribution >= 4 is 45.1 Å². The van der Waals surface area contributed by atoms with Crippen LogP contribution in [-0.2, 0) is 4.79 Å². The number of amides is 1. The molecule has 0 aliphatic heterocycles. The first-order chi connectivity index (χ1) is 18.0. The number of anilines is 1. The minimum atomic E-state index is -0.323. The van der Waals surface area contributed by atoms with Crippen LogP contribution in [0.5, 0.6) is 5.75 Å². The van der Waals surface area contributed by atoms with E-state index in [0.29, 0.717) is 39.1 Å². The van der Waals surface area contributed by atoms with Crippen LogP contribution in [0.1, 0.15) is 5.69 Å². The van der Waals surface area contributed by atoms with Gasteiger partial charge in [-0.05, 0) is 54.1 Å². The highest BCUT2D eigenvalue weighted by molar-refractivity contribution is 6.30. The van der Waals surface area contributed by atoms with E-state index in [9.17, 15) is 4.79 Å². The van der Waals surface area contributed by atoms with Crippen molar-refractivity contribution in [1.82, 2.24) is 29.5 Å². The summed E-state index contributed by atoms with van der Waals surface area (Å²) in [5.74, 6) is 1.25. The smallest absolute Gasteiger partial charge is 0.263 e. The van der Waals surface area contributed by atoms with Crippen LogP contribution in [0, 0.1) is 6.92 Å². The molecule has 0 atom stereocenters. The maximum absolute atomic E-state index is 12.8. The monoisotopic (exact) mass is 509 g/mol. The van der Waals surface area contributed by atoms with Crippen molar-refractivity contribution in [1.29, 1.82) is 0 Å². The van der Waals surface area contributed by atoms with E-state index >= 15 is 0 Å². The molecule has 37 heavy (non-hydrogen) atoms. The number of benzene rings is 3. The van der Waals surface area contributed by atoms with Crippen LogP contribution in [-0.4, -0.2) is 42.0 Å². The Labute approximate surface area is 216 Å². The maximum atomic E-state index is 12.8. The number of carbonyl (C=O) groups excluding carboxylic acids is 1. The highest BCUT2D eigenvalue weighted by Crippen LogP contribution is 2.25. The lowest BCUT2D eigenvalue weighted by molar-refractivity contribution is -0.118. The standard InChI is InChI=1S/C27H20ClN7O2/c1-17-12-24(32-25(36)15-37-22-11-6-18-4-2-3-5-19(18)13-22)35(33-17)27-23-14-31-34(26(23)29-16-30-27)21-9-7-20(28)8-10-21/h2-14,16H,15H2,1H3,(H,32,36). The number of aryl methyl sites for hydroxylation is 1. The quantitative estimate of drug-likeness (QED) is 0.334. The normalized spacial score (nSPS) is 11.2. The number of hydrogen-bond acceptors (Lipinski definition) is 6. The van der Waals surface area contributed by atoms with Crippen molar-refractivity contribution in [3.8, 4) is 17.3 Å². The molecule has 0 radical (unpaired) electrons. The molecule has 1 amide bonds. The van der Waals surface area contributed by atoms with Gasteiger partial charge in [-0.2, -0.15) is 14.9 Å². The number of hydrogen-bond donors (Lipinski definition) is 1. The van der Waals surface area contributed by atoms with E-state index in [0.717, 1.165) is 16.5 Å². The molecular weight excluding hydrogens is 490 g/mol. The van der Waals surface area contributed by atoms with Crippen molar-refractivity contribution in [2.45, 2.75) is 6.92 Å². The van der Waals surface area contributed by atoms with Crippen LogP contribution in [0.15, 0.2) is 85.3 Å². The van der Waals surface area contributed by atoms with Gasteiger partial charge in [0.15, 0.2) is 18.1 Å². The third-order valence-electron chi connectivity index (χ3n) is 5.81. The van der Waals surface area contributed by atoms with Gasteiger partial charge in [-0.3, -0.25) is 4.79 Å². The maximum Gasteiger partial charge on any atom is 0.263 e. The highest BCUT2D eigenvalue weighted by atomic mass is 35.5. The number of ether oxygens (including phenoxy) is 1. The molecule has 6 aromatic rings. The fourth-order valence-electron chi connectivity index (χ4n) is 4.11. The second kappa shape index (κ2) is 9.36. The van der Waals surface area contributed by atoms with Crippen molar-refractivity contribution < 1.29 is 9.53 Å². The van der Waals surface area contributed by atoms with Crippen LogP contribution in [0.3, 0.4) is 0 Å². The Bertz CT molecular complexity index is 1760. The minimum absolute atomic E-state index is 0.156. The van der Waals surface area contributed by atoms with Crippen LogP contribution >= 0.6 is 11.6 Å². The van der Waals surface area contributed by atoms with Gasteiger partial charge in [0.2, 0.25) is 0 Å². The molecule has 0 bridgehead atoms. The zero-order valence-electron chi connectivity index (χ0n) is 19.7. The Hall–Kier alpha value is -4.76. The number of carbonyl (C=O) groups is 1. The molecule has 0 saturated carbocycles. The second-order valence-electron chi connectivity index (χ2n) is 8.40. The number of aromatic nitrogens is 6. The summed E-state index contributed by atoms with van der Waals surface area (Å²) >= 11 is 6.03. The fourth-order valence-corrected chi connectivity index (χ4v) is 4.23. The van der Waals surface area contributed by atoms with Crippen molar-refractivity contribution in [3.63, 3.8) is 0 Å². The Balaban J connectivity index is 1.25. The molecule has 0 unspecified atom stereocenters. The average molecular weight is 510 g/mol. The Morgan fingerprint density at radius 3 is 2.62 bits per heavy atom. The van der Waals surface area contributed by atoms with Crippen molar-refractivity contribution in [2.75, 3.05) is 11.9 Å². The molecule has 182 valence electrons. The predicted molar refractivity (Wildman–Crippen MR) is 142 cm³/mol. The SMILES string of the molecule is Cc1cc(NC(=O)COc2ccc3ccccc3c2)n(-c2ncnc3c2cnn3-c2ccc(Cl)cc2)n1. The van der Waals surface area contributed by atoms with Gasteiger partial charge in [0.05, 0.1) is 23.0 Å². The third-order valence-corrected chi connectivity index (χ3v) is 6.06. The largest absolute Gasteiger partial charge is 0.484 e. The van der Waals surface area contributed by atoms with E-state index < -0.39 is 0 Å². The summed E-state index contributed by atoms with van der Waals surface area (Å²) in [4.78, 5) is 21.6. The molecule has 6 rings (SSSR count). The van der Waals surface area contributed by atoms with Gasteiger partial charge in [0, 0.05) is 11.1 Å². The molecule has 1 N–H and O–H groups in total.